The molecule has 0 atom stereocenters. The van der Waals surface area contributed by atoms with Crippen molar-refractivity contribution < 1.29 is 9.42 Å². The lowest BCUT2D eigenvalue weighted by atomic mass is 10.3. The van der Waals surface area contributed by atoms with Crippen LogP contribution in [0.5, 0.6) is 0 Å². The average molecular weight is 335 g/mol. The number of fused-ring (bicyclic) bond motifs is 1. The summed E-state index contributed by atoms with van der Waals surface area (Å²) in [5.41, 5.74) is 7.57. The van der Waals surface area contributed by atoms with Crippen molar-refractivity contribution in [3.05, 3.63) is 48.7 Å². The zero-order chi connectivity index (χ0) is 17.2. The highest BCUT2D eigenvalue weighted by molar-refractivity contribution is 5.92. The summed E-state index contributed by atoms with van der Waals surface area (Å²) in [5.74, 6) is 0.747. The average Bonchev–Trinajstić information content (AvgIpc) is 3.19. The van der Waals surface area contributed by atoms with E-state index in [-0.39, 0.29) is 18.3 Å². The number of carbonyl (C=O) groups is 1. The van der Waals surface area contributed by atoms with E-state index in [0.29, 0.717) is 22.9 Å². The third-order valence-corrected chi connectivity index (χ3v) is 3.61. The first kappa shape index (κ1) is 14.8. The lowest BCUT2D eigenvalue weighted by Gasteiger charge is -2.08. The van der Waals surface area contributed by atoms with Gasteiger partial charge < -0.3 is 15.6 Å². The lowest BCUT2D eigenvalue weighted by molar-refractivity contribution is -0.116. The van der Waals surface area contributed by atoms with Crippen LogP contribution in [0.1, 0.15) is 0 Å². The minimum atomic E-state index is -0.252. The molecule has 124 valence electrons. The van der Waals surface area contributed by atoms with Crippen LogP contribution in [0.3, 0.4) is 0 Å². The van der Waals surface area contributed by atoms with Gasteiger partial charge in [0, 0.05) is 6.20 Å². The summed E-state index contributed by atoms with van der Waals surface area (Å²) < 4.78 is 6.37. The molecular formula is C16H13N7O2. The van der Waals surface area contributed by atoms with Gasteiger partial charge >= 0.3 is 0 Å². The molecule has 3 heterocycles. The Morgan fingerprint density at radius 2 is 2.00 bits per heavy atom. The molecule has 0 aliphatic heterocycles. The first-order valence-electron chi connectivity index (χ1n) is 7.47. The van der Waals surface area contributed by atoms with E-state index in [9.17, 15) is 4.79 Å². The zero-order valence-corrected chi connectivity index (χ0v) is 13.0. The van der Waals surface area contributed by atoms with Crippen LogP contribution in [0.4, 0.5) is 11.6 Å². The molecule has 0 unspecified atom stereocenters. The maximum atomic E-state index is 12.4. The summed E-state index contributed by atoms with van der Waals surface area (Å²) in [6.07, 6.45) is 1.61. The van der Waals surface area contributed by atoms with Crippen molar-refractivity contribution in [1.29, 1.82) is 0 Å². The summed E-state index contributed by atoms with van der Waals surface area (Å²) in [7, 11) is 0. The van der Waals surface area contributed by atoms with Gasteiger partial charge in [0.05, 0.1) is 11.0 Å². The number of nitrogen functional groups attached to an aromatic ring is 1. The molecule has 1 amide bonds. The Hall–Kier alpha value is -3.75. The van der Waals surface area contributed by atoms with Crippen molar-refractivity contribution in [2.45, 2.75) is 6.54 Å². The quantitative estimate of drug-likeness (QED) is 0.581. The fourth-order valence-electron chi connectivity index (χ4n) is 2.53. The first-order chi connectivity index (χ1) is 12.2. The third kappa shape index (κ3) is 2.78. The van der Waals surface area contributed by atoms with E-state index >= 15 is 0 Å². The van der Waals surface area contributed by atoms with Gasteiger partial charge in [0.25, 0.3) is 0 Å². The Morgan fingerprint density at radius 1 is 1.16 bits per heavy atom. The molecule has 4 rings (SSSR count). The normalized spacial score (nSPS) is 10.9. The maximum absolute atomic E-state index is 12.4. The van der Waals surface area contributed by atoms with Crippen LogP contribution in [0.25, 0.3) is 22.6 Å². The third-order valence-electron chi connectivity index (χ3n) is 3.61. The standard InChI is InChI=1S/C16H13N7O2/c17-15-14(21-25-22-15)16-19-10-5-1-2-6-11(10)23(16)9-13(24)20-12-7-3-4-8-18-12/h1-8H,9H2,(H2,17,22)(H,18,20,24). The molecule has 0 aliphatic rings. The lowest BCUT2D eigenvalue weighted by Crippen LogP contribution is -2.20. The van der Waals surface area contributed by atoms with Crippen LogP contribution >= 0.6 is 0 Å². The van der Waals surface area contributed by atoms with Crippen LogP contribution in [0.15, 0.2) is 53.3 Å². The molecule has 0 radical (unpaired) electrons. The number of benzene rings is 1. The summed E-state index contributed by atoms with van der Waals surface area (Å²) in [5, 5.41) is 10.1. The van der Waals surface area contributed by atoms with Crippen molar-refractivity contribution in [2.75, 3.05) is 11.1 Å². The number of hydrogen-bond acceptors (Lipinski definition) is 7. The molecule has 0 saturated heterocycles. The van der Waals surface area contributed by atoms with Crippen LogP contribution in [-0.4, -0.2) is 30.8 Å². The molecule has 0 fully saturated rings. The van der Waals surface area contributed by atoms with Crippen molar-refractivity contribution in [2.24, 2.45) is 0 Å². The predicted octanol–water partition coefficient (Wildman–Crippen LogP) is 1.70. The molecule has 0 saturated carbocycles. The number of rotatable bonds is 4. The van der Waals surface area contributed by atoms with E-state index in [1.807, 2.05) is 24.3 Å². The zero-order valence-electron chi connectivity index (χ0n) is 13.0. The van der Waals surface area contributed by atoms with E-state index in [1.54, 1.807) is 29.0 Å². The summed E-state index contributed by atoms with van der Waals surface area (Å²) in [4.78, 5) is 21.0. The van der Waals surface area contributed by atoms with Gasteiger partial charge in [0.1, 0.15) is 12.4 Å². The molecule has 25 heavy (non-hydrogen) atoms. The fraction of sp³-hybridized carbons (Fsp3) is 0.0625. The Bertz CT molecular complexity index is 1040. The number of imidazole rings is 1. The smallest absolute Gasteiger partial charge is 0.245 e. The molecule has 9 nitrogen and oxygen atoms in total. The van der Waals surface area contributed by atoms with Gasteiger partial charge in [-0.2, -0.15) is 0 Å². The van der Waals surface area contributed by atoms with Crippen molar-refractivity contribution in [3.63, 3.8) is 0 Å². The molecular weight excluding hydrogens is 322 g/mol. The number of aromatic nitrogens is 5. The van der Waals surface area contributed by atoms with Gasteiger partial charge in [0.2, 0.25) is 5.91 Å². The van der Waals surface area contributed by atoms with Gasteiger partial charge in [0.15, 0.2) is 17.3 Å². The highest BCUT2D eigenvalue weighted by atomic mass is 16.6. The van der Waals surface area contributed by atoms with Crippen LogP contribution in [-0.2, 0) is 11.3 Å². The SMILES string of the molecule is Nc1nonc1-c1nc2ccccc2n1CC(=O)Nc1ccccn1. The minimum Gasteiger partial charge on any atom is -0.379 e. The van der Waals surface area contributed by atoms with E-state index in [0.717, 1.165) is 5.52 Å². The Balaban J connectivity index is 1.73. The second kappa shape index (κ2) is 6.04. The second-order valence-electron chi connectivity index (χ2n) is 5.27. The highest BCUT2D eigenvalue weighted by Crippen LogP contribution is 2.26. The van der Waals surface area contributed by atoms with Gasteiger partial charge in [-0.1, -0.05) is 18.2 Å². The minimum absolute atomic E-state index is 0.0126. The van der Waals surface area contributed by atoms with E-state index in [2.05, 4.69) is 30.2 Å². The molecule has 4 aromatic rings. The molecule has 0 spiro atoms. The Labute approximate surface area is 141 Å². The molecule has 1 aromatic carbocycles. The number of pyridine rings is 1. The Kier molecular flexibility index (Phi) is 3.58. The van der Waals surface area contributed by atoms with Crippen LogP contribution in [0.2, 0.25) is 0 Å². The van der Waals surface area contributed by atoms with E-state index < -0.39 is 0 Å². The number of carbonyl (C=O) groups excluding carboxylic acids is 1. The molecule has 9 heteroatoms. The van der Waals surface area contributed by atoms with Gasteiger partial charge in [-0.05, 0) is 34.6 Å². The van der Waals surface area contributed by atoms with E-state index in [1.165, 1.54) is 0 Å². The largest absolute Gasteiger partial charge is 0.379 e. The van der Waals surface area contributed by atoms with Crippen LogP contribution in [0, 0.1) is 0 Å². The number of nitrogens with one attached hydrogen (secondary N) is 1. The van der Waals surface area contributed by atoms with Gasteiger partial charge in [-0.3, -0.25) is 4.79 Å². The number of nitrogens with two attached hydrogens (primary N) is 1. The summed E-state index contributed by atoms with van der Waals surface area (Å²) >= 11 is 0. The number of para-hydroxylation sites is 2. The predicted molar refractivity (Wildman–Crippen MR) is 90.3 cm³/mol. The number of amides is 1. The number of nitrogens with zero attached hydrogens (tertiary/aromatic N) is 5. The first-order valence-corrected chi connectivity index (χ1v) is 7.47. The molecule has 3 aromatic heterocycles. The van der Waals surface area contributed by atoms with E-state index in [4.69, 9.17) is 5.73 Å². The van der Waals surface area contributed by atoms with Crippen molar-refractivity contribution in [3.8, 4) is 11.5 Å². The number of hydrogen-bond donors (Lipinski definition) is 2. The molecule has 0 bridgehead atoms. The maximum Gasteiger partial charge on any atom is 0.245 e. The van der Waals surface area contributed by atoms with Gasteiger partial charge in [-0.15, -0.1) is 0 Å². The van der Waals surface area contributed by atoms with Crippen molar-refractivity contribution >= 4 is 28.6 Å². The highest BCUT2D eigenvalue weighted by Gasteiger charge is 2.20. The second-order valence-corrected chi connectivity index (χ2v) is 5.27. The molecule has 3 N–H and O–H groups in total. The monoisotopic (exact) mass is 335 g/mol. The topological polar surface area (TPSA) is 125 Å². The summed E-state index contributed by atoms with van der Waals surface area (Å²) in [6.45, 7) is 0.0126. The number of anilines is 2. The van der Waals surface area contributed by atoms with Crippen molar-refractivity contribution in [1.82, 2.24) is 24.8 Å². The summed E-state index contributed by atoms with van der Waals surface area (Å²) in [6, 6.07) is 12.7. The fourth-order valence-corrected chi connectivity index (χ4v) is 2.53. The van der Waals surface area contributed by atoms with Gasteiger partial charge in [-0.25, -0.2) is 14.6 Å². The Morgan fingerprint density at radius 3 is 2.76 bits per heavy atom. The molecule has 0 aliphatic carbocycles. The van der Waals surface area contributed by atoms with Crippen LogP contribution < -0.4 is 11.1 Å².